The number of halogens is 6. The van der Waals surface area contributed by atoms with Crippen molar-refractivity contribution in [3.8, 4) is 11.4 Å². The number of nitrogens with zero attached hydrogens (tertiary/aromatic N) is 5. The fraction of sp³-hybridized carbons (Fsp3) is 0.238. The highest BCUT2D eigenvalue weighted by molar-refractivity contribution is 6.36. The third kappa shape index (κ3) is 5.69. The lowest BCUT2D eigenvalue weighted by molar-refractivity contribution is -0.207. The lowest BCUT2D eigenvalue weighted by Crippen LogP contribution is -2.37. The second kappa shape index (κ2) is 10.0. The van der Waals surface area contributed by atoms with Gasteiger partial charge in [0.1, 0.15) is 12.4 Å². The van der Waals surface area contributed by atoms with Crippen LogP contribution in [0, 0.1) is 0 Å². The molecule has 2 aromatic heterocycles. The molecule has 0 saturated heterocycles. The van der Waals surface area contributed by atoms with Gasteiger partial charge in [0.25, 0.3) is 0 Å². The zero-order valence-corrected chi connectivity index (χ0v) is 19.9. The first kappa shape index (κ1) is 25.2. The minimum atomic E-state index is -4.92. The fourth-order valence-corrected chi connectivity index (χ4v) is 3.95. The van der Waals surface area contributed by atoms with Crippen LogP contribution in [0.3, 0.4) is 0 Å². The summed E-state index contributed by atoms with van der Waals surface area (Å²) in [7, 11) is 0. The maximum atomic E-state index is 13.0. The van der Waals surface area contributed by atoms with E-state index in [0.29, 0.717) is 32.0 Å². The molecule has 2 aromatic carbocycles. The summed E-state index contributed by atoms with van der Waals surface area (Å²) in [5, 5.41) is 23.0. The Labute approximate surface area is 210 Å². The van der Waals surface area contributed by atoms with Crippen molar-refractivity contribution in [3.63, 3.8) is 0 Å². The van der Waals surface area contributed by atoms with Crippen molar-refractivity contribution in [2.75, 3.05) is 0 Å². The van der Waals surface area contributed by atoms with Gasteiger partial charge in [-0.05, 0) is 42.0 Å². The second-order valence-electron chi connectivity index (χ2n) is 7.53. The van der Waals surface area contributed by atoms with Crippen LogP contribution in [0.1, 0.15) is 17.2 Å². The van der Waals surface area contributed by atoms with E-state index < -0.39 is 24.5 Å². The van der Waals surface area contributed by atoms with Crippen LogP contribution in [-0.2, 0) is 19.5 Å². The average molecular weight is 548 g/mol. The number of rotatable bonds is 7. The van der Waals surface area contributed by atoms with Gasteiger partial charge in [-0.3, -0.25) is 4.57 Å². The van der Waals surface area contributed by atoms with Crippen LogP contribution in [0.15, 0.2) is 47.3 Å². The molecule has 2 N–H and O–H groups in total. The predicted molar refractivity (Wildman–Crippen MR) is 124 cm³/mol. The maximum Gasteiger partial charge on any atom is 0.416 e. The van der Waals surface area contributed by atoms with E-state index in [0.717, 1.165) is 9.25 Å². The molecule has 0 bridgehead atoms. The number of hydrogen-bond donors (Lipinski definition) is 2. The summed E-state index contributed by atoms with van der Waals surface area (Å²) in [5.74, 6) is 0.569. The Morgan fingerprint density at radius 2 is 1.63 bits per heavy atom. The molecule has 0 unspecified atom stereocenters. The van der Waals surface area contributed by atoms with E-state index in [9.17, 15) is 23.1 Å². The summed E-state index contributed by atoms with van der Waals surface area (Å²) in [4.78, 5) is 15.9. The Kier molecular flexibility index (Phi) is 7.22. The molecule has 2 heterocycles. The van der Waals surface area contributed by atoms with Gasteiger partial charge in [-0.1, -0.05) is 40.9 Å². The van der Waals surface area contributed by atoms with Crippen LogP contribution < -0.4 is 5.69 Å². The van der Waals surface area contributed by atoms with Gasteiger partial charge in [0.2, 0.25) is 0 Å². The second-order valence-corrected chi connectivity index (χ2v) is 8.78. The summed E-state index contributed by atoms with van der Waals surface area (Å²) in [6.07, 6.45) is -7.44. The smallest absolute Gasteiger partial charge is 0.382 e. The van der Waals surface area contributed by atoms with Gasteiger partial charge in [-0.2, -0.15) is 13.2 Å². The van der Waals surface area contributed by atoms with Crippen molar-refractivity contribution < 1.29 is 18.3 Å². The number of aliphatic hydroxyl groups is 1. The van der Waals surface area contributed by atoms with Gasteiger partial charge in [-0.15, -0.1) is 15.3 Å². The highest BCUT2D eigenvalue weighted by atomic mass is 35.5. The minimum absolute atomic E-state index is 0.0717. The van der Waals surface area contributed by atoms with Crippen LogP contribution in [0.25, 0.3) is 11.4 Å². The molecule has 8 nitrogen and oxygen atoms in total. The first-order valence-electron chi connectivity index (χ1n) is 10.0. The molecule has 35 heavy (non-hydrogen) atoms. The molecular weight excluding hydrogens is 532 g/mol. The molecule has 0 fully saturated rings. The van der Waals surface area contributed by atoms with Crippen molar-refractivity contribution in [1.29, 1.82) is 0 Å². The van der Waals surface area contributed by atoms with Gasteiger partial charge in [0.05, 0.1) is 6.54 Å². The number of aromatic nitrogens is 6. The standard InChI is InChI=1S/C21H16Cl3F3N6O2/c22-12-6-4-11(5-7-12)19-31-33(20(35)32(19)9-16(34)21(25,26)27)10-18-28-17(29-30-18)8-13-14(23)2-1-3-15(13)24/h1-7,16,34H,8-10H2,(H,28,29,30)/t16-/m0/s1. The van der Waals surface area contributed by atoms with E-state index in [4.69, 9.17) is 34.8 Å². The molecule has 0 spiro atoms. The Balaban J connectivity index is 1.65. The lowest BCUT2D eigenvalue weighted by atomic mass is 10.1. The summed E-state index contributed by atoms with van der Waals surface area (Å²) in [6.45, 7) is -1.25. The monoisotopic (exact) mass is 546 g/mol. The van der Waals surface area contributed by atoms with Crippen molar-refractivity contribution in [2.45, 2.75) is 31.8 Å². The zero-order valence-electron chi connectivity index (χ0n) is 17.6. The Bertz CT molecular complexity index is 1380. The molecule has 0 amide bonds. The van der Waals surface area contributed by atoms with Gasteiger partial charge >= 0.3 is 11.9 Å². The molecule has 184 valence electrons. The van der Waals surface area contributed by atoms with Crippen molar-refractivity contribution in [1.82, 2.24) is 29.5 Å². The highest BCUT2D eigenvalue weighted by Gasteiger charge is 2.39. The molecule has 14 heteroatoms. The molecule has 0 aliphatic rings. The Morgan fingerprint density at radius 3 is 2.26 bits per heavy atom. The number of aliphatic hydroxyl groups excluding tert-OH is 1. The summed E-state index contributed by atoms with van der Waals surface area (Å²) >= 11 is 18.3. The van der Waals surface area contributed by atoms with Crippen LogP contribution in [0.2, 0.25) is 15.1 Å². The maximum absolute atomic E-state index is 13.0. The Morgan fingerprint density at radius 1 is 1.00 bits per heavy atom. The number of nitrogens with one attached hydrogen (secondary N) is 1. The fourth-order valence-electron chi connectivity index (χ4n) is 3.30. The lowest BCUT2D eigenvalue weighted by Gasteiger charge is -2.15. The van der Waals surface area contributed by atoms with Gasteiger partial charge in [0.15, 0.2) is 17.8 Å². The topological polar surface area (TPSA) is 102 Å². The number of aromatic amines is 1. The SMILES string of the molecule is O=c1n(Cc2nnc(Cc3c(Cl)cccc3Cl)[nH]2)nc(-c2ccc(Cl)cc2)n1C[C@H](O)C(F)(F)F. The van der Waals surface area contributed by atoms with E-state index in [-0.39, 0.29) is 24.6 Å². The van der Waals surface area contributed by atoms with E-state index >= 15 is 0 Å². The Hall–Kier alpha value is -2.86. The third-order valence-electron chi connectivity index (χ3n) is 5.04. The molecule has 4 rings (SSSR count). The average Bonchev–Trinajstić information content (AvgIpc) is 3.36. The molecule has 0 aliphatic heterocycles. The quantitative estimate of drug-likeness (QED) is 0.358. The number of benzene rings is 2. The van der Waals surface area contributed by atoms with Crippen LogP contribution in [0.4, 0.5) is 13.2 Å². The van der Waals surface area contributed by atoms with Crippen molar-refractivity contribution >= 4 is 34.8 Å². The van der Waals surface area contributed by atoms with Crippen LogP contribution in [0.5, 0.6) is 0 Å². The van der Waals surface area contributed by atoms with E-state index in [1.165, 1.54) is 24.3 Å². The van der Waals surface area contributed by atoms with E-state index in [2.05, 4.69) is 20.3 Å². The first-order valence-corrected chi connectivity index (χ1v) is 11.2. The van der Waals surface area contributed by atoms with E-state index in [1.807, 2.05) is 0 Å². The molecule has 0 saturated carbocycles. The van der Waals surface area contributed by atoms with Crippen molar-refractivity contribution in [2.24, 2.45) is 0 Å². The van der Waals surface area contributed by atoms with Crippen LogP contribution >= 0.6 is 34.8 Å². The normalized spacial score (nSPS) is 12.8. The van der Waals surface area contributed by atoms with Gasteiger partial charge in [-0.25, -0.2) is 9.48 Å². The molecular formula is C21H16Cl3F3N6O2. The third-order valence-corrected chi connectivity index (χ3v) is 6.00. The van der Waals surface area contributed by atoms with Crippen LogP contribution in [-0.4, -0.2) is 46.9 Å². The first-order chi connectivity index (χ1) is 16.5. The summed E-state index contributed by atoms with van der Waals surface area (Å²) < 4.78 is 40.7. The summed E-state index contributed by atoms with van der Waals surface area (Å²) in [5.41, 5.74) is 0.0998. The predicted octanol–water partition coefficient (Wildman–Crippen LogP) is 4.35. The van der Waals surface area contributed by atoms with Gasteiger partial charge in [0, 0.05) is 27.1 Å². The molecule has 4 aromatic rings. The highest BCUT2D eigenvalue weighted by Crippen LogP contribution is 2.26. The van der Waals surface area contributed by atoms with E-state index in [1.54, 1.807) is 18.2 Å². The summed E-state index contributed by atoms with van der Waals surface area (Å²) in [6, 6.07) is 11.1. The van der Waals surface area contributed by atoms with Crippen molar-refractivity contribution in [3.05, 3.63) is 85.2 Å². The number of alkyl halides is 3. The molecule has 1 atom stereocenters. The number of hydrogen-bond acceptors (Lipinski definition) is 5. The molecule has 0 aliphatic carbocycles. The zero-order chi connectivity index (χ0) is 25.3. The minimum Gasteiger partial charge on any atom is -0.382 e. The largest absolute Gasteiger partial charge is 0.416 e. The van der Waals surface area contributed by atoms with Gasteiger partial charge < -0.3 is 10.1 Å². The molecule has 0 radical (unpaired) electrons. The number of H-pyrrole nitrogens is 1.